The summed E-state index contributed by atoms with van der Waals surface area (Å²) in [6.45, 7) is 4.04. The standard InChI is InChI=1S/C22H23N5O4/c1-14-5-7-18-17(11-14)16-3-2-4-19-22(16)26(18)10-9-25(19)13-20(28)24-23-12-15-6-8-21(31-15)27(29)30/h5-8,11-12,19H,2-4,9-10,13H2,1H3,(H,24,28)/b23-12-/t19-/m0/s1. The molecular formula is C22H23N5O4. The van der Waals surface area contributed by atoms with Gasteiger partial charge in [-0.15, -0.1) is 0 Å². The normalized spacial score (nSPS) is 18.4. The highest BCUT2D eigenvalue weighted by atomic mass is 16.6. The molecule has 3 aromatic rings. The van der Waals surface area contributed by atoms with Gasteiger partial charge >= 0.3 is 5.88 Å². The number of benzene rings is 1. The van der Waals surface area contributed by atoms with E-state index >= 15 is 0 Å². The van der Waals surface area contributed by atoms with Gasteiger partial charge in [0.2, 0.25) is 0 Å². The molecule has 1 N–H and O–H groups in total. The van der Waals surface area contributed by atoms with Crippen molar-refractivity contribution < 1.29 is 14.1 Å². The molecule has 0 spiro atoms. The summed E-state index contributed by atoms with van der Waals surface area (Å²) in [5.41, 5.74) is 7.85. The van der Waals surface area contributed by atoms with Gasteiger partial charge in [0.15, 0.2) is 5.76 Å². The van der Waals surface area contributed by atoms with Crippen molar-refractivity contribution in [1.29, 1.82) is 0 Å². The number of furan rings is 1. The molecular weight excluding hydrogens is 398 g/mol. The molecule has 1 aromatic carbocycles. The Bertz CT molecular complexity index is 1210. The smallest absolute Gasteiger partial charge is 0.400 e. The molecule has 0 unspecified atom stereocenters. The summed E-state index contributed by atoms with van der Waals surface area (Å²) in [7, 11) is 0. The van der Waals surface area contributed by atoms with Gasteiger partial charge in [0.25, 0.3) is 5.91 Å². The number of hydrazone groups is 1. The molecule has 0 radical (unpaired) electrons. The number of carbonyl (C=O) groups is 1. The van der Waals surface area contributed by atoms with Crippen LogP contribution in [0.2, 0.25) is 0 Å². The second-order valence-electron chi connectivity index (χ2n) is 8.14. The quantitative estimate of drug-likeness (QED) is 0.387. The molecule has 2 aliphatic rings. The second kappa shape index (κ2) is 7.66. The van der Waals surface area contributed by atoms with Gasteiger partial charge in [0, 0.05) is 29.7 Å². The number of aryl methyl sites for hydroxylation is 2. The van der Waals surface area contributed by atoms with E-state index in [1.807, 2.05) is 0 Å². The van der Waals surface area contributed by atoms with Crippen LogP contribution in [-0.2, 0) is 17.8 Å². The Hall–Kier alpha value is -3.46. The minimum absolute atomic E-state index is 0.210. The number of fused-ring (bicyclic) bond motifs is 3. The lowest BCUT2D eigenvalue weighted by Crippen LogP contribution is -2.44. The van der Waals surface area contributed by atoms with Crippen LogP contribution in [0.1, 0.15) is 41.5 Å². The lowest BCUT2D eigenvalue weighted by molar-refractivity contribution is -0.402. The zero-order chi connectivity index (χ0) is 21.5. The summed E-state index contributed by atoms with van der Waals surface area (Å²) >= 11 is 0. The molecule has 31 heavy (non-hydrogen) atoms. The summed E-state index contributed by atoms with van der Waals surface area (Å²) in [6.07, 6.45) is 4.49. The first kappa shape index (κ1) is 19.5. The van der Waals surface area contributed by atoms with Gasteiger partial charge in [-0.3, -0.25) is 19.8 Å². The molecule has 1 amide bonds. The molecule has 1 aliphatic carbocycles. The maximum absolute atomic E-state index is 12.5. The molecule has 0 bridgehead atoms. The van der Waals surface area contributed by atoms with E-state index in [2.05, 4.69) is 45.1 Å². The van der Waals surface area contributed by atoms with Crippen molar-refractivity contribution in [2.45, 2.75) is 38.8 Å². The largest absolute Gasteiger partial charge is 0.433 e. The van der Waals surface area contributed by atoms with Gasteiger partial charge in [-0.2, -0.15) is 5.10 Å². The molecule has 160 valence electrons. The highest BCUT2D eigenvalue weighted by Gasteiger charge is 2.35. The topological polar surface area (TPSA) is 106 Å². The van der Waals surface area contributed by atoms with Crippen LogP contribution in [0.3, 0.4) is 0 Å². The Morgan fingerprint density at radius 1 is 1.35 bits per heavy atom. The summed E-state index contributed by atoms with van der Waals surface area (Å²) < 4.78 is 7.43. The number of amides is 1. The fourth-order valence-corrected chi connectivity index (χ4v) is 4.88. The summed E-state index contributed by atoms with van der Waals surface area (Å²) in [4.78, 5) is 24.8. The Labute approximate surface area is 178 Å². The van der Waals surface area contributed by atoms with Gasteiger partial charge in [0.05, 0.1) is 24.9 Å². The van der Waals surface area contributed by atoms with E-state index in [4.69, 9.17) is 4.42 Å². The van der Waals surface area contributed by atoms with Crippen molar-refractivity contribution >= 4 is 28.9 Å². The van der Waals surface area contributed by atoms with Crippen LogP contribution in [0.15, 0.2) is 39.9 Å². The third-order valence-electron chi connectivity index (χ3n) is 6.16. The first-order valence-electron chi connectivity index (χ1n) is 10.4. The number of carbonyl (C=O) groups excluding carboxylic acids is 1. The molecule has 9 heteroatoms. The molecule has 0 saturated heterocycles. The van der Waals surface area contributed by atoms with Gasteiger partial charge in [0.1, 0.15) is 4.92 Å². The number of rotatable bonds is 5. The van der Waals surface area contributed by atoms with Gasteiger partial charge in [-0.25, -0.2) is 5.43 Å². The zero-order valence-corrected chi connectivity index (χ0v) is 17.2. The minimum atomic E-state index is -0.620. The van der Waals surface area contributed by atoms with E-state index in [1.165, 1.54) is 46.1 Å². The van der Waals surface area contributed by atoms with E-state index in [0.717, 1.165) is 32.4 Å². The number of aromatic nitrogens is 1. The van der Waals surface area contributed by atoms with E-state index in [-0.39, 0.29) is 30.1 Å². The van der Waals surface area contributed by atoms with Crippen molar-refractivity contribution in [3.63, 3.8) is 0 Å². The van der Waals surface area contributed by atoms with Gasteiger partial charge < -0.3 is 8.98 Å². The predicted octanol–water partition coefficient (Wildman–Crippen LogP) is 3.29. The maximum Gasteiger partial charge on any atom is 0.433 e. The lowest BCUT2D eigenvalue weighted by atomic mass is 9.89. The summed E-state index contributed by atoms with van der Waals surface area (Å²) in [5, 5.41) is 15.9. The maximum atomic E-state index is 12.5. The average Bonchev–Trinajstić information content (AvgIpc) is 3.34. The third kappa shape index (κ3) is 3.50. The number of nitrogens with zero attached hydrogens (tertiary/aromatic N) is 4. The summed E-state index contributed by atoms with van der Waals surface area (Å²) in [5.74, 6) is -0.369. The Morgan fingerprint density at radius 3 is 3.03 bits per heavy atom. The Morgan fingerprint density at radius 2 is 2.23 bits per heavy atom. The Balaban J connectivity index is 1.30. The van der Waals surface area contributed by atoms with E-state index in [0.29, 0.717) is 0 Å². The molecule has 2 aromatic heterocycles. The fraction of sp³-hybridized carbons (Fsp3) is 0.364. The van der Waals surface area contributed by atoms with Crippen molar-refractivity contribution in [1.82, 2.24) is 14.9 Å². The molecule has 5 rings (SSSR count). The van der Waals surface area contributed by atoms with Crippen LogP contribution >= 0.6 is 0 Å². The average molecular weight is 421 g/mol. The Kier molecular flexibility index (Phi) is 4.82. The fourth-order valence-electron chi connectivity index (χ4n) is 4.88. The molecule has 0 fully saturated rings. The van der Waals surface area contributed by atoms with Crippen molar-refractivity contribution in [3.8, 4) is 0 Å². The van der Waals surface area contributed by atoms with Crippen molar-refractivity contribution in [2.75, 3.05) is 13.1 Å². The van der Waals surface area contributed by atoms with Crippen molar-refractivity contribution in [3.05, 3.63) is 63.0 Å². The molecule has 1 atom stereocenters. The SMILES string of the molecule is Cc1ccc2c(c1)c1c3n2CCN(CC(=O)N/N=C\c2ccc([N+](=O)[O-])o2)[C@H]3CCC1. The van der Waals surface area contributed by atoms with Crippen LogP contribution in [0.4, 0.5) is 5.88 Å². The van der Waals surface area contributed by atoms with Crippen LogP contribution in [-0.4, -0.2) is 39.6 Å². The van der Waals surface area contributed by atoms with E-state index < -0.39 is 4.92 Å². The predicted molar refractivity (Wildman–Crippen MR) is 115 cm³/mol. The van der Waals surface area contributed by atoms with Crippen LogP contribution < -0.4 is 5.43 Å². The van der Waals surface area contributed by atoms with E-state index in [9.17, 15) is 14.9 Å². The van der Waals surface area contributed by atoms with Crippen LogP contribution in [0, 0.1) is 17.0 Å². The minimum Gasteiger partial charge on any atom is -0.400 e. The van der Waals surface area contributed by atoms with Gasteiger partial charge in [-0.1, -0.05) is 11.6 Å². The molecule has 9 nitrogen and oxygen atoms in total. The second-order valence-corrected chi connectivity index (χ2v) is 8.14. The van der Waals surface area contributed by atoms with Crippen LogP contribution in [0.5, 0.6) is 0 Å². The zero-order valence-electron chi connectivity index (χ0n) is 17.2. The first-order valence-corrected chi connectivity index (χ1v) is 10.4. The third-order valence-corrected chi connectivity index (χ3v) is 6.16. The van der Waals surface area contributed by atoms with Gasteiger partial charge in [-0.05, 0) is 49.9 Å². The summed E-state index contributed by atoms with van der Waals surface area (Å²) in [6, 6.07) is 9.57. The number of nitro groups is 1. The highest BCUT2D eigenvalue weighted by Crippen LogP contribution is 2.42. The monoisotopic (exact) mass is 421 g/mol. The first-order chi connectivity index (χ1) is 15.0. The number of hydrogen-bond acceptors (Lipinski definition) is 6. The lowest BCUT2D eigenvalue weighted by Gasteiger charge is -2.39. The number of hydrogen-bond donors (Lipinski definition) is 1. The highest BCUT2D eigenvalue weighted by molar-refractivity contribution is 5.87. The molecule has 3 heterocycles. The van der Waals surface area contributed by atoms with Crippen molar-refractivity contribution in [2.24, 2.45) is 5.10 Å². The van der Waals surface area contributed by atoms with E-state index in [1.54, 1.807) is 0 Å². The molecule has 0 saturated carbocycles. The molecule has 1 aliphatic heterocycles. The number of nitrogens with one attached hydrogen (secondary N) is 1. The van der Waals surface area contributed by atoms with Crippen LogP contribution in [0.25, 0.3) is 10.9 Å².